The van der Waals surface area contributed by atoms with Gasteiger partial charge < -0.3 is 15.0 Å². The average Bonchev–Trinajstić information content (AvgIpc) is 3.06. The number of hydrogen-bond donors (Lipinski definition) is 2. The SMILES string of the molecule is Cc1ccc(-n2nc(C)c3c(=O)c(C(=O)Nc4ccc(OC(F)(F)F)cc4)c[nH]c32)cc1. The number of hydrogen-bond acceptors (Lipinski definition) is 4. The van der Waals surface area contributed by atoms with E-state index >= 15 is 0 Å². The second kappa shape index (κ2) is 7.88. The predicted octanol–water partition coefficient (Wildman–Crippen LogP) is 4.48. The summed E-state index contributed by atoms with van der Waals surface area (Å²) in [5.74, 6) is -1.13. The number of nitrogens with zero attached hydrogens (tertiary/aromatic N) is 2. The molecule has 2 N–H and O–H groups in total. The number of carbonyl (C=O) groups excluding carboxylic acids is 1. The van der Waals surface area contributed by atoms with Crippen LogP contribution in [0.25, 0.3) is 16.7 Å². The Morgan fingerprint density at radius 1 is 1.06 bits per heavy atom. The fraction of sp³-hybridized carbons (Fsp3) is 0.136. The number of aryl methyl sites for hydroxylation is 2. The number of carbonyl (C=O) groups is 1. The third kappa shape index (κ3) is 4.20. The number of pyridine rings is 1. The Bertz CT molecular complexity index is 1350. The van der Waals surface area contributed by atoms with Crippen molar-refractivity contribution in [2.75, 3.05) is 5.32 Å². The number of aromatic nitrogens is 3. The van der Waals surface area contributed by atoms with Crippen LogP contribution in [0, 0.1) is 13.8 Å². The van der Waals surface area contributed by atoms with E-state index in [4.69, 9.17) is 0 Å². The number of amides is 1. The molecule has 0 saturated heterocycles. The van der Waals surface area contributed by atoms with Crippen LogP contribution in [-0.4, -0.2) is 27.0 Å². The number of rotatable bonds is 4. The minimum atomic E-state index is -4.81. The first-order chi connectivity index (χ1) is 15.1. The van der Waals surface area contributed by atoms with Crippen LogP contribution in [-0.2, 0) is 0 Å². The van der Waals surface area contributed by atoms with E-state index in [-0.39, 0.29) is 16.6 Å². The summed E-state index contributed by atoms with van der Waals surface area (Å²) in [4.78, 5) is 28.6. The Kier molecular flexibility index (Phi) is 5.21. The van der Waals surface area contributed by atoms with Crippen molar-refractivity contribution in [2.24, 2.45) is 0 Å². The van der Waals surface area contributed by atoms with Gasteiger partial charge in [0.15, 0.2) is 0 Å². The smallest absolute Gasteiger partial charge is 0.406 e. The highest BCUT2D eigenvalue weighted by molar-refractivity contribution is 6.05. The molecule has 0 radical (unpaired) electrons. The van der Waals surface area contributed by atoms with Crippen LogP contribution in [0.4, 0.5) is 18.9 Å². The maximum Gasteiger partial charge on any atom is 0.573 e. The number of H-pyrrole nitrogens is 1. The Labute approximate surface area is 179 Å². The Morgan fingerprint density at radius 2 is 1.72 bits per heavy atom. The molecule has 2 heterocycles. The highest BCUT2D eigenvalue weighted by Crippen LogP contribution is 2.24. The van der Waals surface area contributed by atoms with Gasteiger partial charge in [0.25, 0.3) is 5.91 Å². The molecule has 0 fully saturated rings. The fourth-order valence-corrected chi connectivity index (χ4v) is 3.25. The minimum absolute atomic E-state index is 0.153. The highest BCUT2D eigenvalue weighted by Gasteiger charge is 2.31. The molecule has 0 spiro atoms. The molecular formula is C22H17F3N4O3. The second-order valence-electron chi connectivity index (χ2n) is 7.11. The molecule has 2 aromatic heterocycles. The molecule has 7 nitrogen and oxygen atoms in total. The Balaban J connectivity index is 1.63. The van der Waals surface area contributed by atoms with Crippen molar-refractivity contribution >= 4 is 22.6 Å². The number of aromatic amines is 1. The van der Waals surface area contributed by atoms with Crippen LogP contribution >= 0.6 is 0 Å². The normalized spacial score (nSPS) is 11.5. The molecule has 0 aliphatic carbocycles. The van der Waals surface area contributed by atoms with Crippen LogP contribution in [0.5, 0.6) is 5.75 Å². The minimum Gasteiger partial charge on any atom is -0.406 e. The number of ether oxygens (including phenoxy) is 1. The summed E-state index contributed by atoms with van der Waals surface area (Å²) < 4.78 is 42.2. The van der Waals surface area contributed by atoms with Gasteiger partial charge in [-0.2, -0.15) is 5.10 Å². The zero-order chi connectivity index (χ0) is 23.0. The first kappa shape index (κ1) is 21.2. The largest absolute Gasteiger partial charge is 0.573 e. The zero-order valence-corrected chi connectivity index (χ0v) is 16.9. The van der Waals surface area contributed by atoms with Gasteiger partial charge in [-0.05, 0) is 50.2 Å². The van der Waals surface area contributed by atoms with E-state index in [9.17, 15) is 22.8 Å². The summed E-state index contributed by atoms with van der Waals surface area (Å²) in [5, 5.41) is 7.19. The number of nitrogens with one attached hydrogen (secondary N) is 2. The standard InChI is InChI=1S/C22H17F3N4O3/c1-12-3-7-15(8-4-12)29-20-18(13(2)28-29)19(30)17(11-26-20)21(31)27-14-5-9-16(10-6-14)32-22(23,24)25/h3-11H,1-2H3,(H,26,30)(H,27,31). The lowest BCUT2D eigenvalue weighted by Gasteiger charge is -2.10. The van der Waals surface area contributed by atoms with Gasteiger partial charge >= 0.3 is 6.36 Å². The van der Waals surface area contributed by atoms with E-state index in [1.807, 2.05) is 31.2 Å². The summed E-state index contributed by atoms with van der Waals surface area (Å²) in [6, 6.07) is 12.2. The third-order valence-corrected chi connectivity index (χ3v) is 4.75. The first-order valence-corrected chi connectivity index (χ1v) is 9.47. The molecule has 164 valence electrons. The van der Waals surface area contributed by atoms with Gasteiger partial charge in [-0.25, -0.2) is 4.68 Å². The van der Waals surface area contributed by atoms with Crippen LogP contribution in [0.3, 0.4) is 0 Å². The Morgan fingerprint density at radius 3 is 2.34 bits per heavy atom. The van der Waals surface area contributed by atoms with Gasteiger partial charge in [0, 0.05) is 11.9 Å². The molecule has 0 atom stereocenters. The summed E-state index contributed by atoms with van der Waals surface area (Å²) in [5.41, 5.74) is 2.27. The number of anilines is 1. The Hall–Kier alpha value is -4.08. The summed E-state index contributed by atoms with van der Waals surface area (Å²) in [7, 11) is 0. The molecule has 4 rings (SSSR count). The van der Waals surface area contributed by atoms with Crippen molar-refractivity contribution in [3.05, 3.63) is 81.8 Å². The third-order valence-electron chi connectivity index (χ3n) is 4.75. The van der Waals surface area contributed by atoms with E-state index in [2.05, 4.69) is 20.1 Å². The monoisotopic (exact) mass is 442 g/mol. The molecule has 0 unspecified atom stereocenters. The highest BCUT2D eigenvalue weighted by atomic mass is 19.4. The maximum absolute atomic E-state index is 13.0. The molecule has 10 heteroatoms. The molecule has 0 aliphatic rings. The number of alkyl halides is 3. The van der Waals surface area contributed by atoms with Gasteiger partial charge in [0.05, 0.1) is 16.8 Å². The van der Waals surface area contributed by atoms with E-state index in [1.54, 1.807) is 11.6 Å². The van der Waals surface area contributed by atoms with Crippen molar-refractivity contribution in [2.45, 2.75) is 20.2 Å². The topological polar surface area (TPSA) is 89.0 Å². The summed E-state index contributed by atoms with van der Waals surface area (Å²) in [6.07, 6.45) is -3.53. The van der Waals surface area contributed by atoms with Gasteiger partial charge in [-0.1, -0.05) is 17.7 Å². The van der Waals surface area contributed by atoms with E-state index < -0.39 is 23.4 Å². The second-order valence-corrected chi connectivity index (χ2v) is 7.11. The van der Waals surface area contributed by atoms with Crippen molar-refractivity contribution < 1.29 is 22.7 Å². The quantitative estimate of drug-likeness (QED) is 0.488. The van der Waals surface area contributed by atoms with Gasteiger partial charge in [0.1, 0.15) is 17.0 Å². The van der Waals surface area contributed by atoms with Gasteiger partial charge in [-0.15, -0.1) is 13.2 Å². The number of halogens is 3. The van der Waals surface area contributed by atoms with E-state index in [1.165, 1.54) is 18.3 Å². The fourth-order valence-electron chi connectivity index (χ4n) is 3.25. The first-order valence-electron chi connectivity index (χ1n) is 9.47. The maximum atomic E-state index is 13.0. The molecule has 0 saturated carbocycles. The predicted molar refractivity (Wildman–Crippen MR) is 112 cm³/mol. The molecular weight excluding hydrogens is 425 g/mol. The summed E-state index contributed by atoms with van der Waals surface area (Å²) in [6.45, 7) is 3.63. The van der Waals surface area contributed by atoms with Crippen LogP contribution in [0.2, 0.25) is 0 Å². The van der Waals surface area contributed by atoms with Crippen molar-refractivity contribution in [3.63, 3.8) is 0 Å². The van der Waals surface area contributed by atoms with Crippen molar-refractivity contribution in [1.29, 1.82) is 0 Å². The number of fused-ring (bicyclic) bond motifs is 1. The lowest BCUT2D eigenvalue weighted by Crippen LogP contribution is -2.22. The number of benzene rings is 2. The summed E-state index contributed by atoms with van der Waals surface area (Å²) >= 11 is 0. The van der Waals surface area contributed by atoms with Crippen molar-refractivity contribution in [1.82, 2.24) is 14.8 Å². The zero-order valence-electron chi connectivity index (χ0n) is 16.9. The van der Waals surface area contributed by atoms with Gasteiger partial charge in [-0.3, -0.25) is 9.59 Å². The molecule has 4 aromatic rings. The van der Waals surface area contributed by atoms with Crippen LogP contribution < -0.4 is 15.5 Å². The van der Waals surface area contributed by atoms with Gasteiger partial charge in [0.2, 0.25) is 5.43 Å². The van der Waals surface area contributed by atoms with Crippen LogP contribution in [0.1, 0.15) is 21.6 Å². The van der Waals surface area contributed by atoms with Crippen molar-refractivity contribution in [3.8, 4) is 11.4 Å². The van der Waals surface area contributed by atoms with Crippen LogP contribution in [0.15, 0.2) is 59.5 Å². The molecule has 1 amide bonds. The molecule has 0 bridgehead atoms. The average molecular weight is 442 g/mol. The van der Waals surface area contributed by atoms with E-state index in [0.29, 0.717) is 11.3 Å². The lowest BCUT2D eigenvalue weighted by atomic mass is 10.1. The van der Waals surface area contributed by atoms with E-state index in [0.717, 1.165) is 23.4 Å². The molecule has 2 aromatic carbocycles. The molecule has 0 aliphatic heterocycles. The lowest BCUT2D eigenvalue weighted by molar-refractivity contribution is -0.274. The molecule has 32 heavy (non-hydrogen) atoms.